The molecular weight excluding hydrogens is 316 g/mol. The van der Waals surface area contributed by atoms with E-state index in [1.165, 1.54) is 0 Å². The van der Waals surface area contributed by atoms with Gasteiger partial charge < -0.3 is 10.2 Å². The molecule has 2 N–H and O–H groups in total. The van der Waals surface area contributed by atoms with E-state index in [0.29, 0.717) is 5.56 Å². The Kier molecular flexibility index (Phi) is 6.48. The molecule has 0 fully saturated rings. The normalized spacial score (nSPS) is 9.60. The van der Waals surface area contributed by atoms with E-state index in [0.717, 1.165) is 16.7 Å². The highest BCUT2D eigenvalue weighted by atomic mass is 16.4. The second-order valence-corrected chi connectivity index (χ2v) is 5.30. The van der Waals surface area contributed by atoms with Crippen LogP contribution in [0.25, 0.3) is 11.1 Å². The number of rotatable bonds is 4. The first-order valence-electron chi connectivity index (χ1n) is 7.71. The number of benzene rings is 3. The molecule has 0 aliphatic rings. The zero-order valence-corrected chi connectivity index (χ0v) is 13.5. The van der Waals surface area contributed by atoms with Crippen LogP contribution in [0.2, 0.25) is 0 Å². The fourth-order valence-corrected chi connectivity index (χ4v) is 2.21. The summed E-state index contributed by atoms with van der Waals surface area (Å²) in [6, 6.07) is 25.9. The number of hydrogen-bond donors (Lipinski definition) is 2. The molecule has 4 heteroatoms. The van der Waals surface area contributed by atoms with Gasteiger partial charge in [0.05, 0.1) is 12.0 Å². The van der Waals surface area contributed by atoms with Crippen LogP contribution in [0.3, 0.4) is 0 Å². The van der Waals surface area contributed by atoms with Crippen molar-refractivity contribution in [2.24, 2.45) is 0 Å². The minimum absolute atomic E-state index is 0.112. The summed E-state index contributed by atoms with van der Waals surface area (Å²) in [6.45, 7) is 0. The Morgan fingerprint density at radius 3 is 1.60 bits per heavy atom. The Morgan fingerprint density at radius 1 is 0.640 bits per heavy atom. The van der Waals surface area contributed by atoms with Crippen LogP contribution < -0.4 is 0 Å². The average molecular weight is 334 g/mol. The van der Waals surface area contributed by atoms with Gasteiger partial charge in [-0.3, -0.25) is 4.79 Å². The van der Waals surface area contributed by atoms with E-state index in [1.807, 2.05) is 60.7 Å². The molecule has 0 aliphatic heterocycles. The van der Waals surface area contributed by atoms with Crippen LogP contribution in [0.5, 0.6) is 0 Å². The third-order valence-electron chi connectivity index (χ3n) is 3.44. The van der Waals surface area contributed by atoms with Crippen LogP contribution in [-0.4, -0.2) is 22.2 Å². The molecule has 3 aromatic carbocycles. The summed E-state index contributed by atoms with van der Waals surface area (Å²) in [7, 11) is 0. The van der Waals surface area contributed by atoms with Gasteiger partial charge in [-0.05, 0) is 28.8 Å². The van der Waals surface area contributed by atoms with Crippen molar-refractivity contribution in [3.63, 3.8) is 0 Å². The third kappa shape index (κ3) is 5.95. The summed E-state index contributed by atoms with van der Waals surface area (Å²) in [5, 5.41) is 17.1. The predicted molar refractivity (Wildman–Crippen MR) is 96.6 cm³/mol. The van der Waals surface area contributed by atoms with Gasteiger partial charge in [-0.2, -0.15) is 0 Å². The molecule has 0 radical (unpaired) electrons. The molecule has 126 valence electrons. The monoisotopic (exact) mass is 334 g/mol. The maximum Gasteiger partial charge on any atom is 0.335 e. The van der Waals surface area contributed by atoms with Crippen LogP contribution >= 0.6 is 0 Å². The fraction of sp³-hybridized carbons (Fsp3) is 0.0476. The Labute approximate surface area is 146 Å². The van der Waals surface area contributed by atoms with Crippen LogP contribution in [0.15, 0.2) is 84.9 Å². The summed E-state index contributed by atoms with van der Waals surface area (Å²) in [5.41, 5.74) is 3.28. The molecule has 0 saturated heterocycles. The highest BCUT2D eigenvalue weighted by Crippen LogP contribution is 2.19. The van der Waals surface area contributed by atoms with Gasteiger partial charge in [-0.15, -0.1) is 0 Å². The molecule has 3 aromatic rings. The van der Waals surface area contributed by atoms with Gasteiger partial charge in [0.1, 0.15) is 0 Å². The number of aliphatic carboxylic acids is 1. The van der Waals surface area contributed by atoms with Crippen LogP contribution in [0.4, 0.5) is 0 Å². The Bertz CT molecular complexity index is 810. The molecule has 0 amide bonds. The van der Waals surface area contributed by atoms with Gasteiger partial charge in [-0.25, -0.2) is 4.79 Å². The molecule has 0 saturated carbocycles. The van der Waals surface area contributed by atoms with Crippen molar-refractivity contribution in [2.75, 3.05) is 0 Å². The molecule has 4 nitrogen and oxygen atoms in total. The minimum Gasteiger partial charge on any atom is -0.481 e. The summed E-state index contributed by atoms with van der Waals surface area (Å²) >= 11 is 0. The second kappa shape index (κ2) is 9.03. The second-order valence-electron chi connectivity index (χ2n) is 5.30. The van der Waals surface area contributed by atoms with E-state index in [1.54, 1.807) is 24.3 Å². The molecule has 0 bridgehead atoms. The summed E-state index contributed by atoms with van der Waals surface area (Å²) in [4.78, 5) is 20.8. The van der Waals surface area contributed by atoms with E-state index >= 15 is 0 Å². The van der Waals surface area contributed by atoms with Gasteiger partial charge in [-0.1, -0.05) is 72.8 Å². The summed E-state index contributed by atoms with van der Waals surface area (Å²) in [5.74, 6) is -1.68. The number of carbonyl (C=O) groups is 2. The Morgan fingerprint density at radius 2 is 1.12 bits per heavy atom. The van der Waals surface area contributed by atoms with E-state index in [-0.39, 0.29) is 6.42 Å². The van der Waals surface area contributed by atoms with E-state index in [4.69, 9.17) is 10.2 Å². The van der Waals surface area contributed by atoms with Gasteiger partial charge >= 0.3 is 11.9 Å². The first-order valence-corrected chi connectivity index (χ1v) is 7.71. The molecular formula is C21H18O4. The van der Waals surface area contributed by atoms with Crippen LogP contribution in [0.1, 0.15) is 15.9 Å². The van der Waals surface area contributed by atoms with Crippen LogP contribution in [0, 0.1) is 0 Å². The maximum atomic E-state index is 10.6. The van der Waals surface area contributed by atoms with Gasteiger partial charge in [0, 0.05) is 0 Å². The van der Waals surface area contributed by atoms with Crippen molar-refractivity contribution in [3.8, 4) is 11.1 Å². The maximum absolute atomic E-state index is 10.6. The largest absolute Gasteiger partial charge is 0.481 e. The van der Waals surface area contributed by atoms with Crippen molar-refractivity contribution < 1.29 is 19.8 Å². The van der Waals surface area contributed by atoms with Crippen molar-refractivity contribution in [1.29, 1.82) is 0 Å². The van der Waals surface area contributed by atoms with Gasteiger partial charge in [0.2, 0.25) is 0 Å². The smallest absolute Gasteiger partial charge is 0.335 e. The summed E-state index contributed by atoms with van der Waals surface area (Å²) < 4.78 is 0. The topological polar surface area (TPSA) is 74.6 Å². The molecule has 3 rings (SSSR count). The first kappa shape index (κ1) is 17.9. The highest BCUT2D eigenvalue weighted by molar-refractivity contribution is 5.88. The molecule has 0 spiro atoms. The quantitative estimate of drug-likeness (QED) is 0.743. The molecule has 0 aliphatic carbocycles. The first-order chi connectivity index (χ1) is 12.1. The molecule has 0 heterocycles. The number of carboxylic acids is 2. The SMILES string of the molecule is O=C(O)Cc1ccccc1.O=C(O)c1ccc(-c2ccccc2)cc1. The van der Waals surface area contributed by atoms with E-state index < -0.39 is 11.9 Å². The van der Waals surface area contributed by atoms with Crippen molar-refractivity contribution in [3.05, 3.63) is 96.1 Å². The summed E-state index contributed by atoms with van der Waals surface area (Å²) in [6.07, 6.45) is 0.112. The standard InChI is InChI=1S/C13H10O2.C8H8O2/c14-13(15)12-8-6-11(7-9-12)10-4-2-1-3-5-10;9-8(10)6-7-4-2-1-3-5-7/h1-9H,(H,14,15);1-5H,6H2,(H,9,10). The molecule has 0 aromatic heterocycles. The van der Waals surface area contributed by atoms with Gasteiger partial charge in [0.25, 0.3) is 0 Å². The van der Waals surface area contributed by atoms with E-state index in [9.17, 15) is 9.59 Å². The number of hydrogen-bond acceptors (Lipinski definition) is 2. The minimum atomic E-state index is -0.894. The lowest BCUT2D eigenvalue weighted by Crippen LogP contribution is -1.98. The zero-order valence-electron chi connectivity index (χ0n) is 13.5. The number of carboxylic acid groups (broad SMARTS) is 2. The fourth-order valence-electron chi connectivity index (χ4n) is 2.21. The molecule has 0 atom stereocenters. The number of aromatic carboxylic acids is 1. The average Bonchev–Trinajstić information content (AvgIpc) is 2.63. The van der Waals surface area contributed by atoms with Crippen molar-refractivity contribution in [2.45, 2.75) is 6.42 Å². The predicted octanol–water partition coefficient (Wildman–Crippen LogP) is 4.37. The van der Waals surface area contributed by atoms with Crippen LogP contribution in [-0.2, 0) is 11.2 Å². The Hall–Kier alpha value is -3.40. The van der Waals surface area contributed by atoms with Crippen molar-refractivity contribution >= 4 is 11.9 Å². The van der Waals surface area contributed by atoms with Crippen molar-refractivity contribution in [1.82, 2.24) is 0 Å². The van der Waals surface area contributed by atoms with E-state index in [2.05, 4.69) is 0 Å². The lowest BCUT2D eigenvalue weighted by Gasteiger charge is -2.01. The lowest BCUT2D eigenvalue weighted by atomic mass is 10.0. The third-order valence-corrected chi connectivity index (χ3v) is 3.44. The molecule has 25 heavy (non-hydrogen) atoms. The van der Waals surface area contributed by atoms with Gasteiger partial charge in [0.15, 0.2) is 0 Å². The molecule has 0 unspecified atom stereocenters. The zero-order chi connectivity index (χ0) is 18.1. The highest BCUT2D eigenvalue weighted by Gasteiger charge is 2.02. The Balaban J connectivity index is 0.000000196. The lowest BCUT2D eigenvalue weighted by molar-refractivity contribution is -0.136.